The van der Waals surface area contributed by atoms with Gasteiger partial charge >= 0.3 is 0 Å². The third-order valence-electron chi connectivity index (χ3n) is 5.82. The normalized spacial score (nSPS) is 16.8. The molecule has 2 aromatic heterocycles. The molecule has 0 spiro atoms. The first-order valence-corrected chi connectivity index (χ1v) is 11.0. The van der Waals surface area contributed by atoms with E-state index < -0.39 is 0 Å². The number of hydrogen-bond donors (Lipinski definition) is 0. The molecule has 3 aromatic rings. The van der Waals surface area contributed by atoms with E-state index in [9.17, 15) is 4.79 Å². The van der Waals surface area contributed by atoms with Gasteiger partial charge in [0.1, 0.15) is 0 Å². The molecule has 1 fully saturated rings. The second-order valence-electron chi connectivity index (χ2n) is 8.01. The third kappa shape index (κ3) is 4.56. The summed E-state index contributed by atoms with van der Waals surface area (Å²) in [5.41, 5.74) is 0.974. The zero-order valence-electron chi connectivity index (χ0n) is 17.0. The second-order valence-corrected chi connectivity index (χ2v) is 9.12. The van der Waals surface area contributed by atoms with Crippen molar-refractivity contribution in [3.8, 4) is 0 Å². The summed E-state index contributed by atoms with van der Waals surface area (Å²) in [6.07, 6.45) is 5.86. The number of para-hydroxylation sites is 1. The van der Waals surface area contributed by atoms with E-state index in [1.807, 2.05) is 23.1 Å². The average Bonchev–Trinajstić information content (AvgIpc) is 3.16. The predicted octanol–water partition coefficient (Wildman–Crippen LogP) is 3.78. The van der Waals surface area contributed by atoms with Crippen LogP contribution in [0.2, 0.25) is 0 Å². The first-order chi connectivity index (χ1) is 14.1. The quantitative estimate of drug-likeness (QED) is 0.620. The molecule has 0 saturated carbocycles. The van der Waals surface area contributed by atoms with Crippen LogP contribution in [0.15, 0.2) is 42.7 Å². The predicted molar refractivity (Wildman–Crippen MR) is 117 cm³/mol. The van der Waals surface area contributed by atoms with E-state index in [0.29, 0.717) is 6.42 Å². The summed E-state index contributed by atoms with van der Waals surface area (Å²) in [6, 6.07) is 10.1. The molecule has 3 heterocycles. The van der Waals surface area contributed by atoms with Gasteiger partial charge in [0.2, 0.25) is 11.9 Å². The molecule has 7 heteroatoms. The molecule has 4 rings (SSSR count). The lowest BCUT2D eigenvalue weighted by Crippen LogP contribution is -2.50. The van der Waals surface area contributed by atoms with E-state index in [4.69, 9.17) is 4.98 Å². The minimum absolute atomic E-state index is 0.0787. The number of fused-ring (bicyclic) bond motifs is 1. The molecule has 1 aliphatic heterocycles. The number of rotatable bonds is 6. The summed E-state index contributed by atoms with van der Waals surface area (Å²) in [4.78, 5) is 30.6. The molecule has 1 unspecified atom stereocenters. The molecule has 1 amide bonds. The molecule has 152 valence electrons. The van der Waals surface area contributed by atoms with Gasteiger partial charge in [-0.15, -0.1) is 11.3 Å². The van der Waals surface area contributed by atoms with Crippen LogP contribution in [0.1, 0.15) is 31.7 Å². The van der Waals surface area contributed by atoms with E-state index >= 15 is 0 Å². The lowest BCUT2D eigenvalue weighted by atomic mass is 9.80. The fourth-order valence-corrected chi connectivity index (χ4v) is 4.94. The topological polar surface area (TPSA) is 62.2 Å². The maximum absolute atomic E-state index is 13.0. The van der Waals surface area contributed by atoms with Crippen LogP contribution >= 0.6 is 11.3 Å². The summed E-state index contributed by atoms with van der Waals surface area (Å²) in [6.45, 7) is 7.37. The number of carbonyl (C=O) groups excluding carboxylic acids is 1. The Labute approximate surface area is 175 Å². The smallest absolute Gasteiger partial charge is 0.225 e. The third-order valence-corrected chi connectivity index (χ3v) is 6.85. The molecule has 0 bridgehead atoms. The zero-order chi connectivity index (χ0) is 20.3. The van der Waals surface area contributed by atoms with E-state index in [0.717, 1.165) is 55.5 Å². The second kappa shape index (κ2) is 8.45. The van der Waals surface area contributed by atoms with Crippen molar-refractivity contribution in [1.82, 2.24) is 19.9 Å². The summed E-state index contributed by atoms with van der Waals surface area (Å²) in [7, 11) is 0. The van der Waals surface area contributed by atoms with Crippen molar-refractivity contribution in [2.45, 2.75) is 33.1 Å². The number of amides is 1. The Hall–Kier alpha value is -2.54. The van der Waals surface area contributed by atoms with E-state index in [2.05, 4.69) is 40.8 Å². The number of anilines is 1. The Balaban J connectivity index is 1.37. The SMILES string of the molecule is CCC(C)(CC(=O)N1CCN(c2ncccn2)CC1)Cc1nc2ccccc2s1. The Morgan fingerprint density at radius 1 is 1.10 bits per heavy atom. The molecule has 0 N–H and O–H groups in total. The first kappa shape index (κ1) is 19.8. The summed E-state index contributed by atoms with van der Waals surface area (Å²) in [5, 5.41) is 1.12. The van der Waals surface area contributed by atoms with Crippen LogP contribution in [-0.4, -0.2) is 51.9 Å². The Morgan fingerprint density at radius 2 is 1.83 bits per heavy atom. The number of aromatic nitrogens is 3. The highest BCUT2D eigenvalue weighted by atomic mass is 32.1. The maximum Gasteiger partial charge on any atom is 0.225 e. The van der Waals surface area contributed by atoms with Gasteiger partial charge in [-0.05, 0) is 30.0 Å². The highest BCUT2D eigenvalue weighted by molar-refractivity contribution is 7.18. The van der Waals surface area contributed by atoms with Gasteiger partial charge < -0.3 is 9.80 Å². The van der Waals surface area contributed by atoms with Gasteiger partial charge in [0, 0.05) is 51.4 Å². The summed E-state index contributed by atoms with van der Waals surface area (Å²) in [5.74, 6) is 0.984. The Morgan fingerprint density at radius 3 is 2.52 bits per heavy atom. The molecule has 0 aliphatic carbocycles. The lowest BCUT2D eigenvalue weighted by Gasteiger charge is -2.37. The number of benzene rings is 1. The minimum atomic E-state index is -0.0787. The number of piperazine rings is 1. The first-order valence-electron chi connectivity index (χ1n) is 10.2. The minimum Gasteiger partial charge on any atom is -0.339 e. The Kier molecular flexibility index (Phi) is 5.76. The number of carbonyl (C=O) groups is 1. The van der Waals surface area contributed by atoms with E-state index in [-0.39, 0.29) is 11.3 Å². The van der Waals surface area contributed by atoms with E-state index in [1.165, 1.54) is 4.70 Å². The molecule has 1 atom stereocenters. The fourth-order valence-electron chi connectivity index (χ4n) is 3.76. The molecule has 1 aromatic carbocycles. The highest BCUT2D eigenvalue weighted by Crippen LogP contribution is 2.34. The van der Waals surface area contributed by atoms with Crippen molar-refractivity contribution in [2.24, 2.45) is 5.41 Å². The van der Waals surface area contributed by atoms with Gasteiger partial charge in [0.25, 0.3) is 0 Å². The van der Waals surface area contributed by atoms with Gasteiger partial charge in [0.05, 0.1) is 15.2 Å². The molecular weight excluding hydrogens is 382 g/mol. The van der Waals surface area contributed by atoms with Gasteiger partial charge in [-0.3, -0.25) is 4.79 Å². The maximum atomic E-state index is 13.0. The highest BCUT2D eigenvalue weighted by Gasteiger charge is 2.31. The van der Waals surface area contributed by atoms with Crippen LogP contribution in [0.4, 0.5) is 5.95 Å². The fraction of sp³-hybridized carbons (Fsp3) is 0.455. The summed E-state index contributed by atoms with van der Waals surface area (Å²) < 4.78 is 1.21. The van der Waals surface area contributed by atoms with Crippen LogP contribution < -0.4 is 4.90 Å². The number of hydrogen-bond acceptors (Lipinski definition) is 6. The van der Waals surface area contributed by atoms with Crippen LogP contribution in [0.5, 0.6) is 0 Å². The molecule has 1 aliphatic rings. The molecule has 29 heavy (non-hydrogen) atoms. The monoisotopic (exact) mass is 409 g/mol. The molecule has 0 radical (unpaired) electrons. The Bertz CT molecular complexity index is 935. The van der Waals surface area contributed by atoms with Gasteiger partial charge in [-0.1, -0.05) is 26.0 Å². The standard InChI is InChI=1S/C22H27N5OS/c1-3-22(2,15-19-25-17-7-4-5-8-18(17)29-19)16-20(28)26-11-13-27(14-12-26)21-23-9-6-10-24-21/h4-10H,3,11-16H2,1-2H3. The van der Waals surface area contributed by atoms with Crippen molar-refractivity contribution in [1.29, 1.82) is 0 Å². The largest absolute Gasteiger partial charge is 0.339 e. The number of thiazole rings is 1. The number of nitrogens with zero attached hydrogens (tertiary/aromatic N) is 5. The van der Waals surface area contributed by atoms with Crippen LogP contribution in [0.25, 0.3) is 10.2 Å². The van der Waals surface area contributed by atoms with E-state index in [1.54, 1.807) is 23.7 Å². The summed E-state index contributed by atoms with van der Waals surface area (Å²) >= 11 is 1.74. The van der Waals surface area contributed by atoms with Crippen molar-refractivity contribution >= 4 is 33.4 Å². The van der Waals surface area contributed by atoms with Crippen LogP contribution in [0.3, 0.4) is 0 Å². The molecular formula is C22H27N5OS. The van der Waals surface area contributed by atoms with Crippen molar-refractivity contribution in [2.75, 3.05) is 31.1 Å². The lowest BCUT2D eigenvalue weighted by molar-refractivity contribution is -0.133. The zero-order valence-corrected chi connectivity index (χ0v) is 17.9. The van der Waals surface area contributed by atoms with Gasteiger partial charge in [0.15, 0.2) is 0 Å². The van der Waals surface area contributed by atoms with Gasteiger partial charge in [-0.2, -0.15) is 0 Å². The van der Waals surface area contributed by atoms with Crippen LogP contribution in [-0.2, 0) is 11.2 Å². The van der Waals surface area contributed by atoms with Crippen molar-refractivity contribution < 1.29 is 4.79 Å². The van der Waals surface area contributed by atoms with Gasteiger partial charge in [-0.25, -0.2) is 15.0 Å². The van der Waals surface area contributed by atoms with Crippen molar-refractivity contribution in [3.63, 3.8) is 0 Å². The van der Waals surface area contributed by atoms with Crippen LogP contribution in [0, 0.1) is 5.41 Å². The van der Waals surface area contributed by atoms with Crippen molar-refractivity contribution in [3.05, 3.63) is 47.7 Å². The molecule has 1 saturated heterocycles. The average molecular weight is 410 g/mol. The molecule has 6 nitrogen and oxygen atoms in total.